The van der Waals surface area contributed by atoms with Crippen molar-refractivity contribution >= 4 is 28.3 Å². The van der Waals surface area contributed by atoms with Gasteiger partial charge in [0.15, 0.2) is 5.75 Å². The number of nitrogens with one attached hydrogen (secondary N) is 1. The summed E-state index contributed by atoms with van der Waals surface area (Å²) in [5, 5.41) is 17.8. The molecule has 9 nitrogen and oxygen atoms in total. The van der Waals surface area contributed by atoms with E-state index < -0.39 is 18.3 Å². The molecule has 0 unspecified atom stereocenters. The number of amides is 2. The molecule has 2 N–H and O–H groups in total. The molecule has 4 atom stereocenters. The molecule has 1 saturated heterocycles. The number of halogens is 1. The Morgan fingerprint density at radius 1 is 1.21 bits per heavy atom. The third kappa shape index (κ3) is 3.91. The molecule has 6 rings (SSSR count). The summed E-state index contributed by atoms with van der Waals surface area (Å²) in [6.45, 7) is 5.90. The van der Waals surface area contributed by atoms with Crippen LogP contribution in [0.3, 0.4) is 0 Å². The van der Waals surface area contributed by atoms with Crippen LogP contribution in [0.2, 0.25) is 0 Å². The number of likely N-dealkylation sites (tertiary alicyclic amines) is 1. The largest absolute Gasteiger partial charge is 0.460 e. The molecule has 2 fully saturated rings. The van der Waals surface area contributed by atoms with Crippen LogP contribution in [-0.4, -0.2) is 62.3 Å². The zero-order valence-corrected chi connectivity index (χ0v) is 21.4. The Kier molecular flexibility index (Phi) is 5.86. The molecule has 0 bridgehead atoms. The molecular formula is C28H29FN4O5. The first-order valence-corrected chi connectivity index (χ1v) is 12.8. The molecule has 2 amide bonds. The van der Waals surface area contributed by atoms with E-state index in [2.05, 4.69) is 10.4 Å². The van der Waals surface area contributed by atoms with E-state index in [0.717, 1.165) is 5.56 Å². The van der Waals surface area contributed by atoms with Crippen molar-refractivity contribution in [2.75, 3.05) is 6.54 Å². The lowest BCUT2D eigenvalue weighted by atomic mass is 9.90. The van der Waals surface area contributed by atoms with Gasteiger partial charge in [0.25, 0.3) is 11.8 Å². The van der Waals surface area contributed by atoms with Gasteiger partial charge >= 0.3 is 0 Å². The summed E-state index contributed by atoms with van der Waals surface area (Å²) >= 11 is 0. The normalized spacial score (nSPS) is 23.1. The van der Waals surface area contributed by atoms with Crippen molar-refractivity contribution < 1.29 is 28.2 Å². The lowest BCUT2D eigenvalue weighted by molar-refractivity contribution is 0.0666. The van der Waals surface area contributed by atoms with Crippen LogP contribution in [0.1, 0.15) is 58.2 Å². The molecule has 4 aromatic rings. The minimum absolute atomic E-state index is 0.151. The number of nitrogens with zero attached hydrogens (tertiary/aromatic N) is 3. The number of hydrogen-bond acceptors (Lipinski definition) is 6. The Labute approximate surface area is 218 Å². The quantitative estimate of drug-likeness (QED) is 0.406. The molecule has 0 spiro atoms. The van der Waals surface area contributed by atoms with Gasteiger partial charge in [-0.05, 0) is 57.7 Å². The average Bonchev–Trinajstić information content (AvgIpc) is 3.53. The Morgan fingerprint density at radius 3 is 2.71 bits per heavy atom. The van der Waals surface area contributed by atoms with Gasteiger partial charge in [-0.2, -0.15) is 5.10 Å². The minimum atomic E-state index is -1.01. The predicted molar refractivity (Wildman–Crippen MR) is 137 cm³/mol. The first kappa shape index (κ1) is 24.4. The van der Waals surface area contributed by atoms with Crippen LogP contribution in [0.4, 0.5) is 4.39 Å². The van der Waals surface area contributed by atoms with Crippen LogP contribution in [0.15, 0.2) is 41.1 Å². The third-order valence-corrected chi connectivity index (χ3v) is 7.89. The molecule has 10 heteroatoms. The highest BCUT2D eigenvalue weighted by Crippen LogP contribution is 2.35. The van der Waals surface area contributed by atoms with Gasteiger partial charge in [0.2, 0.25) is 0 Å². The van der Waals surface area contributed by atoms with Gasteiger partial charge in [-0.1, -0.05) is 0 Å². The zero-order valence-electron chi connectivity index (χ0n) is 21.4. The van der Waals surface area contributed by atoms with Crippen molar-refractivity contribution in [1.29, 1.82) is 0 Å². The summed E-state index contributed by atoms with van der Waals surface area (Å²) in [6.07, 6.45) is 3.40. The maximum absolute atomic E-state index is 13.7. The molecule has 198 valence electrons. The average molecular weight is 521 g/mol. The number of carbonyl (C=O) groups excluding carboxylic acids is 2. The van der Waals surface area contributed by atoms with Crippen molar-refractivity contribution in [2.24, 2.45) is 0 Å². The van der Waals surface area contributed by atoms with Crippen LogP contribution in [0, 0.1) is 13.8 Å². The molecular weight excluding hydrogens is 491 g/mol. The van der Waals surface area contributed by atoms with Crippen molar-refractivity contribution in [3.63, 3.8) is 0 Å². The number of carbonyl (C=O) groups is 2. The van der Waals surface area contributed by atoms with Crippen LogP contribution < -0.4 is 10.1 Å². The number of furan rings is 1. The molecule has 1 aromatic carbocycles. The van der Waals surface area contributed by atoms with E-state index in [4.69, 9.17) is 9.15 Å². The second kappa shape index (κ2) is 9.13. The number of benzene rings is 1. The van der Waals surface area contributed by atoms with Gasteiger partial charge in [0, 0.05) is 30.3 Å². The SMILES string of the molecule is Cc1oc2cc(Oc3ccnn4cc(C(=O)N5CC[C@H](O)[C@H]5C)c(C)c34)ccc2c1C(=O)N[C@@H]1CC[C@@H]1F. The number of fused-ring (bicyclic) bond motifs is 2. The maximum atomic E-state index is 13.7. The number of ether oxygens (including phenoxy) is 1. The van der Waals surface area contributed by atoms with E-state index >= 15 is 0 Å². The fraction of sp³-hybridized carbons (Fsp3) is 0.393. The third-order valence-electron chi connectivity index (χ3n) is 7.89. The van der Waals surface area contributed by atoms with Crippen LogP contribution in [-0.2, 0) is 0 Å². The Bertz CT molecular complexity index is 1580. The molecule has 38 heavy (non-hydrogen) atoms. The van der Waals surface area contributed by atoms with Crippen molar-refractivity contribution in [3.8, 4) is 11.5 Å². The summed E-state index contributed by atoms with van der Waals surface area (Å²) in [5.41, 5.74) is 2.75. The first-order chi connectivity index (χ1) is 18.2. The Hall–Kier alpha value is -3.92. The van der Waals surface area contributed by atoms with Crippen molar-refractivity contribution in [1.82, 2.24) is 19.8 Å². The Balaban J connectivity index is 1.29. The molecule has 1 saturated carbocycles. The lowest BCUT2D eigenvalue weighted by Crippen LogP contribution is -2.48. The zero-order chi connectivity index (χ0) is 26.7. The molecule has 3 aromatic heterocycles. The summed E-state index contributed by atoms with van der Waals surface area (Å²) in [7, 11) is 0. The minimum Gasteiger partial charge on any atom is -0.460 e. The van der Waals surface area contributed by atoms with Gasteiger partial charge in [-0.25, -0.2) is 8.91 Å². The van der Waals surface area contributed by atoms with Crippen molar-refractivity contribution in [3.05, 3.63) is 59.1 Å². The van der Waals surface area contributed by atoms with Gasteiger partial charge in [0.05, 0.1) is 35.5 Å². The summed E-state index contributed by atoms with van der Waals surface area (Å²) in [6, 6.07) is 6.21. The smallest absolute Gasteiger partial charge is 0.256 e. The van der Waals surface area contributed by atoms with Gasteiger partial charge in [0.1, 0.15) is 28.8 Å². The highest BCUT2D eigenvalue weighted by Gasteiger charge is 2.35. The van der Waals surface area contributed by atoms with Gasteiger partial charge < -0.3 is 24.5 Å². The first-order valence-electron chi connectivity index (χ1n) is 12.8. The Morgan fingerprint density at radius 2 is 2.03 bits per heavy atom. The second-order valence-corrected chi connectivity index (χ2v) is 10.2. The monoisotopic (exact) mass is 520 g/mol. The van der Waals surface area contributed by atoms with Gasteiger partial charge in [-0.15, -0.1) is 0 Å². The van der Waals surface area contributed by atoms with Crippen LogP contribution in [0.5, 0.6) is 11.5 Å². The molecule has 2 aliphatic rings. The van der Waals surface area contributed by atoms with Gasteiger partial charge in [-0.3, -0.25) is 9.59 Å². The highest BCUT2D eigenvalue weighted by molar-refractivity contribution is 6.07. The number of aromatic nitrogens is 2. The maximum Gasteiger partial charge on any atom is 0.256 e. The number of rotatable bonds is 5. The van der Waals surface area contributed by atoms with Crippen LogP contribution >= 0.6 is 0 Å². The molecule has 1 aliphatic carbocycles. The fourth-order valence-corrected chi connectivity index (χ4v) is 5.42. The van der Waals surface area contributed by atoms with E-state index in [0.29, 0.717) is 70.7 Å². The number of aliphatic hydroxyl groups is 1. The van der Waals surface area contributed by atoms with Crippen molar-refractivity contribution in [2.45, 2.75) is 64.4 Å². The second-order valence-electron chi connectivity index (χ2n) is 10.2. The molecule has 0 radical (unpaired) electrons. The fourth-order valence-electron chi connectivity index (χ4n) is 5.42. The summed E-state index contributed by atoms with van der Waals surface area (Å²) < 4.78 is 27.4. The van der Waals surface area contributed by atoms with E-state index in [-0.39, 0.29) is 17.9 Å². The van der Waals surface area contributed by atoms with E-state index in [1.165, 1.54) is 0 Å². The topological polar surface area (TPSA) is 109 Å². The summed E-state index contributed by atoms with van der Waals surface area (Å²) in [5.74, 6) is 0.938. The lowest BCUT2D eigenvalue weighted by Gasteiger charge is -2.30. The van der Waals surface area contributed by atoms with E-state index in [9.17, 15) is 19.1 Å². The molecule has 1 aliphatic heterocycles. The van der Waals surface area contributed by atoms with E-state index in [1.54, 1.807) is 53.0 Å². The summed E-state index contributed by atoms with van der Waals surface area (Å²) in [4.78, 5) is 27.8. The number of hydrogen-bond donors (Lipinski definition) is 2. The number of aliphatic hydroxyl groups excluding tert-OH is 1. The molecule has 4 heterocycles. The standard InChI is InChI=1S/C28H29FN4O5/c1-14-19(28(36)32-11-9-22(34)15(32)2)13-33-26(14)23(8-10-30-33)38-17-4-5-18-24(12-17)37-16(3)25(18)27(35)31-21-7-6-20(21)29/h4-5,8,10,12-13,15,20-22,34H,6-7,9,11H2,1-3H3,(H,31,35)/t15-,20+,21-,22+/m1/s1. The van der Waals surface area contributed by atoms with E-state index in [1.807, 2.05) is 13.8 Å². The highest BCUT2D eigenvalue weighted by atomic mass is 19.1. The number of alkyl halides is 1. The number of aryl methyl sites for hydroxylation is 2. The van der Waals surface area contributed by atoms with Crippen LogP contribution in [0.25, 0.3) is 16.5 Å². The predicted octanol–water partition coefficient (Wildman–Crippen LogP) is 4.32.